The molecule has 2 heterocycles. The van der Waals surface area contributed by atoms with Gasteiger partial charge in [0, 0.05) is 6.07 Å². The van der Waals surface area contributed by atoms with Crippen LogP contribution in [0, 0.1) is 0 Å². The number of phenols is 2. The summed E-state index contributed by atoms with van der Waals surface area (Å²) in [6.07, 6.45) is -7.74. The topological polar surface area (TPSA) is 216 Å². The summed E-state index contributed by atoms with van der Waals surface area (Å²) in [5.41, 5.74) is -1.39. The molecule has 13 heteroatoms. The SMILES string of the molecule is O=C(C=Cc1ccc(OC2O[C@H](CO)[C@@H](O)[C@H](O)[C@H]2O[C@@H]2OC[C@](O)(CO)[C@H]2O)cc1)c1ccc(O)cc1O. The Bertz CT molecular complexity index is 1170. The fourth-order valence-corrected chi connectivity index (χ4v) is 4.14. The van der Waals surface area contributed by atoms with Gasteiger partial charge >= 0.3 is 0 Å². The third-order valence-corrected chi connectivity index (χ3v) is 6.50. The van der Waals surface area contributed by atoms with E-state index in [2.05, 4.69) is 0 Å². The highest BCUT2D eigenvalue weighted by atomic mass is 16.8. The fraction of sp³-hybridized carbons (Fsp3) is 0.423. The molecule has 1 unspecified atom stereocenters. The molecular formula is C26H30O13. The van der Waals surface area contributed by atoms with E-state index in [9.17, 15) is 45.6 Å². The van der Waals surface area contributed by atoms with Crippen molar-refractivity contribution in [3.05, 3.63) is 59.7 Å². The predicted molar refractivity (Wildman–Crippen MR) is 131 cm³/mol. The van der Waals surface area contributed by atoms with Crippen LogP contribution in [0.25, 0.3) is 6.08 Å². The number of hydrogen-bond donors (Lipinski definition) is 8. The van der Waals surface area contributed by atoms with Gasteiger partial charge in [0.05, 0.1) is 25.4 Å². The van der Waals surface area contributed by atoms with Gasteiger partial charge in [0.2, 0.25) is 6.29 Å². The maximum atomic E-state index is 12.4. The first kappa shape index (κ1) is 28.9. The minimum absolute atomic E-state index is 0.0115. The van der Waals surface area contributed by atoms with E-state index < -0.39 is 74.3 Å². The van der Waals surface area contributed by atoms with Crippen molar-refractivity contribution in [1.29, 1.82) is 0 Å². The summed E-state index contributed by atoms with van der Waals surface area (Å²) in [6.45, 7) is -1.91. The van der Waals surface area contributed by atoms with Gasteiger partial charge in [-0.3, -0.25) is 4.79 Å². The van der Waals surface area contributed by atoms with Crippen molar-refractivity contribution >= 4 is 11.9 Å². The largest absolute Gasteiger partial charge is 0.508 e. The average Bonchev–Trinajstić information content (AvgIpc) is 3.21. The Hall–Kier alpha value is -3.11. The van der Waals surface area contributed by atoms with Crippen LogP contribution in [0.15, 0.2) is 48.5 Å². The summed E-state index contributed by atoms with van der Waals surface area (Å²) in [5.74, 6) is -0.810. The third kappa shape index (κ3) is 6.22. The van der Waals surface area contributed by atoms with Crippen LogP contribution in [-0.2, 0) is 14.2 Å². The normalized spacial score (nSPS) is 32.9. The van der Waals surface area contributed by atoms with E-state index in [-0.39, 0.29) is 22.8 Å². The number of aromatic hydroxyl groups is 2. The number of carbonyl (C=O) groups excluding carboxylic acids is 1. The van der Waals surface area contributed by atoms with E-state index in [1.807, 2.05) is 0 Å². The van der Waals surface area contributed by atoms with E-state index in [4.69, 9.17) is 18.9 Å². The van der Waals surface area contributed by atoms with Gasteiger partial charge in [-0.15, -0.1) is 0 Å². The molecule has 13 nitrogen and oxygen atoms in total. The summed E-state index contributed by atoms with van der Waals surface area (Å²) in [5, 5.41) is 79.6. The second kappa shape index (κ2) is 12.0. The molecule has 8 N–H and O–H groups in total. The number of ketones is 1. The van der Waals surface area contributed by atoms with E-state index in [1.165, 1.54) is 36.4 Å². The summed E-state index contributed by atoms with van der Waals surface area (Å²) in [6, 6.07) is 9.84. The minimum atomic E-state index is -1.99. The number of carbonyl (C=O) groups is 1. The van der Waals surface area contributed by atoms with Gasteiger partial charge in [-0.05, 0) is 35.9 Å². The molecule has 0 amide bonds. The lowest BCUT2D eigenvalue weighted by molar-refractivity contribution is -0.318. The fourth-order valence-electron chi connectivity index (χ4n) is 4.14. The number of allylic oxidation sites excluding steroid dienone is 1. The Morgan fingerprint density at radius 1 is 1.03 bits per heavy atom. The molecule has 0 spiro atoms. The van der Waals surface area contributed by atoms with Crippen LogP contribution in [-0.4, -0.2) is 115 Å². The number of aliphatic hydroxyl groups excluding tert-OH is 5. The van der Waals surface area contributed by atoms with Gasteiger partial charge in [-0.2, -0.15) is 0 Å². The lowest BCUT2D eigenvalue weighted by Crippen LogP contribution is -2.62. The molecule has 39 heavy (non-hydrogen) atoms. The van der Waals surface area contributed by atoms with Crippen LogP contribution in [0.1, 0.15) is 15.9 Å². The highest BCUT2D eigenvalue weighted by molar-refractivity contribution is 6.08. The van der Waals surface area contributed by atoms with Gasteiger partial charge in [-0.1, -0.05) is 18.2 Å². The average molecular weight is 551 g/mol. The van der Waals surface area contributed by atoms with E-state index >= 15 is 0 Å². The standard InChI is InChI=1S/C26H30O13/c27-10-19-20(32)21(33)22(39-25-23(34)26(35,11-28)12-36-25)24(38-19)37-15-5-1-13(2-6-15)3-8-17(30)16-7-4-14(29)9-18(16)31/h1-9,19-25,27-29,31-35H,10-12H2/t19-,20-,21+,22-,23+,24?,25+,26-/m1/s1. The Labute approximate surface area is 222 Å². The molecule has 2 aliphatic rings. The maximum absolute atomic E-state index is 12.4. The van der Waals surface area contributed by atoms with Crippen molar-refractivity contribution in [3.63, 3.8) is 0 Å². The molecule has 2 fully saturated rings. The molecule has 2 aromatic rings. The van der Waals surface area contributed by atoms with Crippen molar-refractivity contribution in [2.75, 3.05) is 19.8 Å². The van der Waals surface area contributed by atoms with Gasteiger partial charge in [0.15, 0.2) is 18.2 Å². The predicted octanol–water partition coefficient (Wildman–Crippen LogP) is -1.36. The maximum Gasteiger partial charge on any atom is 0.229 e. The second-order valence-corrected chi connectivity index (χ2v) is 9.28. The number of rotatable bonds is 9. The van der Waals surface area contributed by atoms with Gasteiger partial charge in [-0.25, -0.2) is 0 Å². The van der Waals surface area contributed by atoms with Crippen LogP contribution in [0.5, 0.6) is 17.2 Å². The van der Waals surface area contributed by atoms with Crippen LogP contribution in [0.4, 0.5) is 0 Å². The molecule has 0 bridgehead atoms. The number of benzene rings is 2. The summed E-state index contributed by atoms with van der Waals surface area (Å²) in [4.78, 5) is 12.4. The number of aliphatic hydroxyl groups is 6. The highest BCUT2D eigenvalue weighted by Crippen LogP contribution is 2.32. The molecule has 2 aliphatic heterocycles. The molecule has 0 aliphatic carbocycles. The van der Waals surface area contributed by atoms with Gasteiger partial charge < -0.3 is 59.8 Å². The van der Waals surface area contributed by atoms with Gasteiger partial charge in [0.1, 0.15) is 47.3 Å². The number of ether oxygens (including phenoxy) is 4. The lowest BCUT2D eigenvalue weighted by atomic mass is 9.98. The number of phenolic OH excluding ortho intramolecular Hbond substituents is 2. The molecule has 8 atom stereocenters. The molecule has 2 aromatic carbocycles. The van der Waals surface area contributed by atoms with Crippen LogP contribution >= 0.6 is 0 Å². The quantitative estimate of drug-likeness (QED) is 0.134. The first-order chi connectivity index (χ1) is 18.6. The Morgan fingerprint density at radius 3 is 2.36 bits per heavy atom. The Kier molecular flexibility index (Phi) is 8.86. The third-order valence-electron chi connectivity index (χ3n) is 6.50. The monoisotopic (exact) mass is 550 g/mol. The Morgan fingerprint density at radius 2 is 1.74 bits per heavy atom. The van der Waals surface area contributed by atoms with Crippen molar-refractivity contribution in [2.45, 2.75) is 48.7 Å². The summed E-state index contributed by atoms with van der Waals surface area (Å²) in [7, 11) is 0. The van der Waals surface area contributed by atoms with Crippen LogP contribution in [0.2, 0.25) is 0 Å². The first-order valence-corrected chi connectivity index (χ1v) is 12.0. The zero-order valence-electron chi connectivity index (χ0n) is 20.5. The molecule has 0 radical (unpaired) electrons. The van der Waals surface area contributed by atoms with Crippen LogP contribution < -0.4 is 4.74 Å². The number of hydrogen-bond acceptors (Lipinski definition) is 13. The molecule has 0 saturated carbocycles. The lowest BCUT2D eigenvalue weighted by Gasteiger charge is -2.42. The van der Waals surface area contributed by atoms with E-state index in [0.717, 1.165) is 6.07 Å². The molecule has 0 aromatic heterocycles. The minimum Gasteiger partial charge on any atom is -0.508 e. The molecule has 212 valence electrons. The van der Waals surface area contributed by atoms with Crippen molar-refractivity contribution in [3.8, 4) is 17.2 Å². The Balaban J connectivity index is 1.46. The zero-order valence-corrected chi connectivity index (χ0v) is 20.5. The molecule has 4 rings (SSSR count). The summed E-state index contributed by atoms with van der Waals surface area (Å²) < 4.78 is 22.2. The van der Waals surface area contributed by atoms with Crippen molar-refractivity contribution < 1.29 is 64.6 Å². The smallest absolute Gasteiger partial charge is 0.229 e. The van der Waals surface area contributed by atoms with Crippen molar-refractivity contribution in [2.24, 2.45) is 0 Å². The summed E-state index contributed by atoms with van der Waals surface area (Å²) >= 11 is 0. The first-order valence-electron chi connectivity index (χ1n) is 12.0. The highest BCUT2D eigenvalue weighted by Gasteiger charge is 2.53. The second-order valence-electron chi connectivity index (χ2n) is 9.28. The zero-order chi connectivity index (χ0) is 28.3. The van der Waals surface area contributed by atoms with E-state index in [1.54, 1.807) is 12.1 Å². The van der Waals surface area contributed by atoms with Crippen LogP contribution in [0.3, 0.4) is 0 Å². The molecule has 2 saturated heterocycles. The van der Waals surface area contributed by atoms with Gasteiger partial charge in [0.25, 0.3) is 0 Å². The molecular weight excluding hydrogens is 520 g/mol. The van der Waals surface area contributed by atoms with E-state index in [0.29, 0.717) is 5.56 Å². The van der Waals surface area contributed by atoms with Crippen molar-refractivity contribution in [1.82, 2.24) is 0 Å².